The Balaban J connectivity index is 1.94. The number of carbonyl (C=O) groups is 2. The number of amides is 1. The molecule has 0 radical (unpaired) electrons. The Hall–Kier alpha value is -2.28. The lowest BCUT2D eigenvalue weighted by Crippen LogP contribution is -2.12. The zero-order valence-electron chi connectivity index (χ0n) is 12.9. The Labute approximate surface area is 137 Å². The highest BCUT2D eigenvalue weighted by Gasteiger charge is 2.17. The van der Waals surface area contributed by atoms with E-state index in [4.69, 9.17) is 4.74 Å². The zero-order valence-corrected chi connectivity index (χ0v) is 13.7. The first kappa shape index (κ1) is 17.1. The van der Waals surface area contributed by atoms with Gasteiger partial charge in [-0.1, -0.05) is 29.5 Å². The SMILES string of the molecule is CCOC(=O)c1sc(NC(=O)CCc2ccccc2F)nc1C. The van der Waals surface area contributed by atoms with Gasteiger partial charge in [0.2, 0.25) is 5.91 Å². The van der Waals surface area contributed by atoms with Crippen LogP contribution in [0.2, 0.25) is 0 Å². The number of anilines is 1. The summed E-state index contributed by atoms with van der Waals surface area (Å²) < 4.78 is 18.4. The lowest BCUT2D eigenvalue weighted by atomic mass is 10.1. The van der Waals surface area contributed by atoms with Gasteiger partial charge in [0, 0.05) is 6.42 Å². The normalized spacial score (nSPS) is 10.4. The molecule has 1 N–H and O–H groups in total. The fourth-order valence-corrected chi connectivity index (χ4v) is 2.84. The van der Waals surface area contributed by atoms with Gasteiger partial charge in [-0.2, -0.15) is 0 Å². The molecule has 2 rings (SSSR count). The van der Waals surface area contributed by atoms with E-state index in [-0.39, 0.29) is 24.8 Å². The summed E-state index contributed by atoms with van der Waals surface area (Å²) in [6.45, 7) is 3.68. The molecule has 0 saturated heterocycles. The van der Waals surface area contributed by atoms with E-state index in [1.165, 1.54) is 6.07 Å². The van der Waals surface area contributed by atoms with Crippen molar-refractivity contribution < 1.29 is 18.7 Å². The number of nitrogens with one attached hydrogen (secondary N) is 1. The molecular formula is C16H17FN2O3S. The second-order valence-electron chi connectivity index (χ2n) is 4.79. The fraction of sp³-hybridized carbons (Fsp3) is 0.312. The minimum Gasteiger partial charge on any atom is -0.462 e. The lowest BCUT2D eigenvalue weighted by molar-refractivity contribution is -0.116. The molecule has 1 aromatic carbocycles. The number of nitrogens with zero attached hydrogens (tertiary/aromatic N) is 1. The van der Waals surface area contributed by atoms with Crippen LogP contribution < -0.4 is 5.32 Å². The number of hydrogen-bond donors (Lipinski definition) is 1. The minimum atomic E-state index is -0.450. The number of esters is 1. The topological polar surface area (TPSA) is 68.3 Å². The van der Waals surface area contributed by atoms with Crippen LogP contribution in [0.3, 0.4) is 0 Å². The Bertz CT molecular complexity index is 715. The Kier molecular flexibility index (Phi) is 5.81. The molecule has 5 nitrogen and oxygen atoms in total. The maximum atomic E-state index is 13.5. The lowest BCUT2D eigenvalue weighted by Gasteiger charge is -2.03. The summed E-state index contributed by atoms with van der Waals surface area (Å²) in [5.41, 5.74) is 1.00. The number of rotatable bonds is 6. The standard InChI is InChI=1S/C16H17FN2O3S/c1-3-22-15(21)14-10(2)18-16(23-14)19-13(20)9-8-11-6-4-5-7-12(11)17/h4-7H,3,8-9H2,1-2H3,(H,18,19,20). The maximum Gasteiger partial charge on any atom is 0.350 e. The van der Waals surface area contributed by atoms with Crippen LogP contribution >= 0.6 is 11.3 Å². The van der Waals surface area contributed by atoms with Crippen molar-refractivity contribution >= 4 is 28.3 Å². The van der Waals surface area contributed by atoms with Crippen LogP contribution in [-0.4, -0.2) is 23.5 Å². The molecule has 23 heavy (non-hydrogen) atoms. The van der Waals surface area contributed by atoms with Gasteiger partial charge < -0.3 is 10.1 Å². The van der Waals surface area contributed by atoms with Crippen LogP contribution in [-0.2, 0) is 16.0 Å². The van der Waals surface area contributed by atoms with Crippen LogP contribution in [0.15, 0.2) is 24.3 Å². The highest BCUT2D eigenvalue weighted by molar-refractivity contribution is 7.17. The zero-order chi connectivity index (χ0) is 16.8. The molecule has 1 aromatic heterocycles. The van der Waals surface area contributed by atoms with Crippen molar-refractivity contribution in [3.63, 3.8) is 0 Å². The average molecular weight is 336 g/mol. The molecule has 0 aliphatic carbocycles. The van der Waals surface area contributed by atoms with E-state index in [0.29, 0.717) is 27.7 Å². The van der Waals surface area contributed by atoms with Crippen molar-refractivity contribution in [1.29, 1.82) is 0 Å². The van der Waals surface area contributed by atoms with E-state index in [2.05, 4.69) is 10.3 Å². The number of hydrogen-bond acceptors (Lipinski definition) is 5. The van der Waals surface area contributed by atoms with Crippen molar-refractivity contribution in [3.05, 3.63) is 46.2 Å². The third-order valence-electron chi connectivity index (χ3n) is 3.08. The van der Waals surface area contributed by atoms with E-state index in [1.807, 2.05) is 0 Å². The quantitative estimate of drug-likeness (QED) is 0.822. The monoisotopic (exact) mass is 336 g/mol. The molecule has 0 spiro atoms. The first-order valence-electron chi connectivity index (χ1n) is 7.19. The summed E-state index contributed by atoms with van der Waals surface area (Å²) >= 11 is 1.07. The summed E-state index contributed by atoms with van der Waals surface area (Å²) in [5, 5.41) is 2.97. The van der Waals surface area contributed by atoms with Gasteiger partial charge >= 0.3 is 5.97 Å². The van der Waals surface area contributed by atoms with Crippen molar-refractivity contribution in [2.75, 3.05) is 11.9 Å². The molecule has 0 unspecified atom stereocenters. The highest BCUT2D eigenvalue weighted by atomic mass is 32.1. The van der Waals surface area contributed by atoms with Crippen LogP contribution in [0.5, 0.6) is 0 Å². The first-order valence-corrected chi connectivity index (χ1v) is 8.00. The second kappa shape index (κ2) is 7.82. The third-order valence-corrected chi connectivity index (χ3v) is 4.14. The molecule has 2 aromatic rings. The largest absolute Gasteiger partial charge is 0.462 e. The fourth-order valence-electron chi connectivity index (χ4n) is 1.97. The molecule has 0 saturated carbocycles. The second-order valence-corrected chi connectivity index (χ2v) is 5.79. The van der Waals surface area contributed by atoms with Gasteiger partial charge in [0.05, 0.1) is 12.3 Å². The maximum absolute atomic E-state index is 13.5. The van der Waals surface area contributed by atoms with Gasteiger partial charge in [-0.25, -0.2) is 14.2 Å². The number of aromatic nitrogens is 1. The van der Waals surface area contributed by atoms with Crippen molar-refractivity contribution in [3.8, 4) is 0 Å². The van der Waals surface area contributed by atoms with Crippen molar-refractivity contribution in [2.45, 2.75) is 26.7 Å². The number of aryl methyl sites for hydroxylation is 2. The Morgan fingerprint density at radius 3 is 2.78 bits per heavy atom. The Morgan fingerprint density at radius 2 is 2.09 bits per heavy atom. The van der Waals surface area contributed by atoms with Gasteiger partial charge in [0.1, 0.15) is 10.7 Å². The van der Waals surface area contributed by atoms with Gasteiger partial charge in [-0.15, -0.1) is 0 Å². The number of benzene rings is 1. The van der Waals surface area contributed by atoms with Gasteiger partial charge in [0.25, 0.3) is 0 Å². The molecule has 0 atom stereocenters. The van der Waals surface area contributed by atoms with Crippen LogP contribution in [0.4, 0.5) is 9.52 Å². The predicted molar refractivity (Wildman–Crippen MR) is 86.2 cm³/mol. The predicted octanol–water partition coefficient (Wildman–Crippen LogP) is 3.34. The van der Waals surface area contributed by atoms with Gasteiger partial charge in [-0.3, -0.25) is 4.79 Å². The van der Waals surface area contributed by atoms with Crippen LogP contribution in [0.1, 0.15) is 34.3 Å². The number of thiazole rings is 1. The smallest absolute Gasteiger partial charge is 0.350 e. The van der Waals surface area contributed by atoms with E-state index in [1.54, 1.807) is 32.0 Å². The molecule has 1 heterocycles. The molecule has 1 amide bonds. The molecule has 122 valence electrons. The summed E-state index contributed by atoms with van der Waals surface area (Å²) in [6.07, 6.45) is 0.432. The summed E-state index contributed by atoms with van der Waals surface area (Å²) in [5.74, 6) is -1.05. The number of carbonyl (C=O) groups excluding carboxylic acids is 2. The first-order chi connectivity index (χ1) is 11.0. The molecule has 0 fully saturated rings. The van der Waals surface area contributed by atoms with Crippen molar-refractivity contribution in [1.82, 2.24) is 4.98 Å². The van der Waals surface area contributed by atoms with Gasteiger partial charge in [-0.05, 0) is 31.9 Å². The summed E-state index contributed by atoms with van der Waals surface area (Å²) in [7, 11) is 0. The minimum absolute atomic E-state index is 0.133. The highest BCUT2D eigenvalue weighted by Crippen LogP contribution is 2.23. The molecule has 0 aliphatic heterocycles. The molecule has 7 heteroatoms. The van der Waals surface area contributed by atoms with Crippen molar-refractivity contribution in [2.24, 2.45) is 0 Å². The number of halogens is 1. The average Bonchev–Trinajstić information content (AvgIpc) is 2.87. The van der Waals surface area contributed by atoms with E-state index >= 15 is 0 Å². The van der Waals surface area contributed by atoms with Crippen LogP contribution in [0, 0.1) is 12.7 Å². The van der Waals surface area contributed by atoms with Gasteiger partial charge in [0.15, 0.2) is 5.13 Å². The Morgan fingerprint density at radius 1 is 1.35 bits per heavy atom. The summed E-state index contributed by atoms with van der Waals surface area (Å²) in [4.78, 5) is 28.1. The molecule has 0 bridgehead atoms. The van der Waals surface area contributed by atoms with E-state index < -0.39 is 5.97 Å². The van der Waals surface area contributed by atoms with E-state index in [9.17, 15) is 14.0 Å². The molecular weight excluding hydrogens is 319 g/mol. The number of ether oxygens (including phenoxy) is 1. The van der Waals surface area contributed by atoms with E-state index in [0.717, 1.165) is 11.3 Å². The van der Waals surface area contributed by atoms with Crippen LogP contribution in [0.25, 0.3) is 0 Å². The molecule has 0 aliphatic rings. The summed E-state index contributed by atoms with van der Waals surface area (Å²) in [6, 6.07) is 6.35. The third kappa shape index (κ3) is 4.59.